The standard InChI is InChI=1S/C10H16O4S.C8H8FNO2/c1-9(2)7-3-4-10(9,8(11)5-7)6-15(12,13)14;9-6-3-1-5(2-4-6)7(10)8(11)12/h7H,3-6H2,1-2H3,(H,12,13,14);1-4,7H,10H2,(H,11,12)/t7-,10-;7-/m11/s1. The Kier molecular flexibility index (Phi) is 5.79. The number of carboxylic acid groups (broad SMARTS) is 1. The molecule has 4 N–H and O–H groups in total. The third-order valence-corrected chi connectivity index (χ3v) is 6.92. The maximum atomic E-state index is 12.4. The van der Waals surface area contributed by atoms with E-state index in [-0.39, 0.29) is 17.1 Å². The number of Topliss-reactive ketones (excluding diaryl/α,β-unsaturated/α-hetero) is 1. The zero-order valence-corrected chi connectivity index (χ0v) is 16.0. The molecule has 1 aromatic rings. The first-order valence-electron chi connectivity index (χ1n) is 8.52. The topological polar surface area (TPSA) is 135 Å². The highest BCUT2D eigenvalue weighted by atomic mass is 32.2. The van der Waals surface area contributed by atoms with Crippen molar-refractivity contribution in [2.75, 3.05) is 5.75 Å². The van der Waals surface area contributed by atoms with Gasteiger partial charge in [-0.15, -0.1) is 0 Å². The fraction of sp³-hybridized carbons (Fsp3) is 0.556. The van der Waals surface area contributed by atoms with E-state index in [0.29, 0.717) is 18.4 Å². The molecule has 1 aromatic carbocycles. The van der Waals surface area contributed by atoms with Gasteiger partial charge < -0.3 is 10.8 Å². The van der Waals surface area contributed by atoms with Gasteiger partial charge in [-0.1, -0.05) is 26.0 Å². The third kappa shape index (κ3) is 4.20. The van der Waals surface area contributed by atoms with Crippen LogP contribution in [-0.2, 0) is 19.7 Å². The molecule has 0 aliphatic heterocycles. The number of halogens is 1. The summed E-state index contributed by atoms with van der Waals surface area (Å²) in [5, 5.41) is 8.49. The molecule has 0 unspecified atom stereocenters. The molecule has 0 aromatic heterocycles. The van der Waals surface area contributed by atoms with E-state index in [1.165, 1.54) is 24.3 Å². The Balaban J connectivity index is 0.000000199. The predicted octanol–water partition coefficient (Wildman–Crippen LogP) is 2.18. The molecular weight excluding hydrogens is 377 g/mol. The largest absolute Gasteiger partial charge is 0.480 e. The number of fused-ring (bicyclic) bond motifs is 2. The average Bonchev–Trinajstić information content (AvgIpc) is 2.88. The molecule has 3 rings (SSSR count). The van der Waals surface area contributed by atoms with Crippen molar-refractivity contribution in [3.05, 3.63) is 35.6 Å². The van der Waals surface area contributed by atoms with E-state index in [4.69, 9.17) is 15.4 Å². The Morgan fingerprint density at radius 1 is 1.33 bits per heavy atom. The zero-order valence-electron chi connectivity index (χ0n) is 15.2. The van der Waals surface area contributed by atoms with E-state index in [9.17, 15) is 22.4 Å². The summed E-state index contributed by atoms with van der Waals surface area (Å²) in [6.45, 7) is 3.89. The second kappa shape index (κ2) is 7.29. The molecule has 2 aliphatic rings. The number of hydrogen-bond acceptors (Lipinski definition) is 5. The summed E-state index contributed by atoms with van der Waals surface area (Å²) >= 11 is 0. The summed E-state index contributed by atoms with van der Waals surface area (Å²) in [5.41, 5.74) is 4.54. The van der Waals surface area contributed by atoms with Gasteiger partial charge in [-0.05, 0) is 41.9 Å². The Labute approximate surface area is 157 Å². The minimum absolute atomic E-state index is 0.0152. The van der Waals surface area contributed by atoms with Gasteiger partial charge in [0.25, 0.3) is 10.1 Å². The van der Waals surface area contributed by atoms with E-state index >= 15 is 0 Å². The van der Waals surface area contributed by atoms with Gasteiger partial charge in [0.1, 0.15) is 17.6 Å². The van der Waals surface area contributed by atoms with Crippen LogP contribution in [0.25, 0.3) is 0 Å². The maximum absolute atomic E-state index is 12.4. The molecule has 27 heavy (non-hydrogen) atoms. The summed E-state index contributed by atoms with van der Waals surface area (Å²) in [6.07, 6.45) is 1.97. The van der Waals surface area contributed by atoms with Crippen LogP contribution in [0.4, 0.5) is 4.39 Å². The second-order valence-electron chi connectivity index (χ2n) is 7.76. The summed E-state index contributed by atoms with van der Waals surface area (Å²) in [6, 6.07) is 3.99. The molecule has 150 valence electrons. The Morgan fingerprint density at radius 3 is 2.26 bits per heavy atom. The van der Waals surface area contributed by atoms with Crippen LogP contribution in [0.1, 0.15) is 44.7 Å². The molecule has 2 aliphatic carbocycles. The fourth-order valence-electron chi connectivity index (χ4n) is 4.23. The van der Waals surface area contributed by atoms with Crippen molar-refractivity contribution < 1.29 is 32.1 Å². The van der Waals surface area contributed by atoms with Crippen molar-refractivity contribution in [1.29, 1.82) is 0 Å². The van der Waals surface area contributed by atoms with E-state index in [1.807, 2.05) is 13.8 Å². The van der Waals surface area contributed by atoms with Gasteiger partial charge in [-0.25, -0.2) is 4.39 Å². The predicted molar refractivity (Wildman–Crippen MR) is 95.9 cm³/mol. The molecule has 7 nitrogen and oxygen atoms in total. The highest BCUT2D eigenvalue weighted by Gasteiger charge is 2.65. The Morgan fingerprint density at radius 2 is 1.89 bits per heavy atom. The van der Waals surface area contributed by atoms with Gasteiger partial charge in [0.05, 0.1) is 11.2 Å². The lowest BCUT2D eigenvalue weighted by Crippen LogP contribution is -2.42. The van der Waals surface area contributed by atoms with E-state index in [2.05, 4.69) is 0 Å². The smallest absolute Gasteiger partial charge is 0.325 e. The lowest BCUT2D eigenvalue weighted by atomic mass is 9.70. The Bertz CT molecular complexity index is 836. The quantitative estimate of drug-likeness (QED) is 0.658. The van der Waals surface area contributed by atoms with Gasteiger partial charge in [-0.2, -0.15) is 8.42 Å². The van der Waals surface area contributed by atoms with Crippen molar-refractivity contribution in [2.45, 2.75) is 39.2 Å². The minimum Gasteiger partial charge on any atom is -0.480 e. The molecule has 3 atom stereocenters. The molecular formula is C18H24FNO6S. The number of carboxylic acids is 1. The second-order valence-corrected chi connectivity index (χ2v) is 9.21. The fourth-order valence-corrected chi connectivity index (χ4v) is 5.53. The molecule has 2 bridgehead atoms. The lowest BCUT2D eigenvalue weighted by molar-refractivity contribution is -0.138. The molecule has 0 amide bonds. The summed E-state index contributed by atoms with van der Waals surface area (Å²) in [7, 11) is -4.08. The van der Waals surface area contributed by atoms with Crippen LogP contribution in [0, 0.1) is 22.6 Å². The number of rotatable bonds is 4. The van der Waals surface area contributed by atoms with E-state index < -0.39 is 39.1 Å². The van der Waals surface area contributed by atoms with Crippen LogP contribution in [0.15, 0.2) is 24.3 Å². The number of carbonyl (C=O) groups excluding carboxylic acids is 1. The molecule has 2 saturated carbocycles. The summed E-state index contributed by atoms with van der Waals surface area (Å²) in [4.78, 5) is 22.2. The van der Waals surface area contributed by atoms with E-state index in [0.717, 1.165) is 6.42 Å². The molecule has 2 fully saturated rings. The molecule has 0 heterocycles. The summed E-state index contributed by atoms with van der Waals surface area (Å²) in [5.74, 6) is -1.63. The van der Waals surface area contributed by atoms with Crippen molar-refractivity contribution in [1.82, 2.24) is 0 Å². The first kappa shape index (κ1) is 21.5. The zero-order chi connectivity index (χ0) is 20.6. The van der Waals surface area contributed by atoms with Crippen molar-refractivity contribution in [2.24, 2.45) is 22.5 Å². The van der Waals surface area contributed by atoms with Crippen molar-refractivity contribution in [3.63, 3.8) is 0 Å². The number of nitrogens with two attached hydrogens (primary N) is 1. The highest BCUT2D eigenvalue weighted by molar-refractivity contribution is 7.85. The number of aliphatic carboxylic acids is 1. The minimum atomic E-state index is -4.08. The van der Waals surface area contributed by atoms with Crippen molar-refractivity contribution in [3.8, 4) is 0 Å². The summed E-state index contributed by atoms with van der Waals surface area (Å²) < 4.78 is 43.3. The first-order chi connectivity index (χ1) is 12.3. The van der Waals surface area contributed by atoms with Crippen LogP contribution in [0.3, 0.4) is 0 Å². The maximum Gasteiger partial charge on any atom is 0.325 e. The van der Waals surface area contributed by atoms with Crippen LogP contribution >= 0.6 is 0 Å². The third-order valence-electron chi connectivity index (χ3n) is 6.06. The van der Waals surface area contributed by atoms with E-state index in [1.54, 1.807) is 0 Å². The molecule has 0 radical (unpaired) electrons. The van der Waals surface area contributed by atoms with Gasteiger partial charge in [0.2, 0.25) is 0 Å². The SMILES string of the molecule is CC1(C)[C@@H]2CC[C@@]1(CS(=O)(=O)O)C(=O)C2.N[C@@H](C(=O)O)c1ccc(F)cc1. The van der Waals surface area contributed by atoms with Gasteiger partial charge in [0, 0.05) is 6.42 Å². The molecule has 9 heteroatoms. The number of carbonyl (C=O) groups is 2. The number of ketones is 1. The highest BCUT2D eigenvalue weighted by Crippen LogP contribution is 2.64. The van der Waals surface area contributed by atoms with Crippen LogP contribution in [0.5, 0.6) is 0 Å². The average molecular weight is 401 g/mol. The Hall–Kier alpha value is -1.84. The monoisotopic (exact) mass is 401 g/mol. The van der Waals surface area contributed by atoms with Crippen LogP contribution in [-0.4, -0.2) is 35.6 Å². The van der Waals surface area contributed by atoms with Gasteiger partial charge in [-0.3, -0.25) is 14.1 Å². The molecule has 0 spiro atoms. The van der Waals surface area contributed by atoms with Crippen LogP contribution < -0.4 is 5.73 Å². The normalized spacial score (nSPS) is 27.0. The lowest BCUT2D eigenvalue weighted by Gasteiger charge is -2.35. The van der Waals surface area contributed by atoms with Crippen LogP contribution in [0.2, 0.25) is 0 Å². The number of hydrogen-bond donors (Lipinski definition) is 3. The van der Waals surface area contributed by atoms with Crippen molar-refractivity contribution >= 4 is 21.9 Å². The van der Waals surface area contributed by atoms with Gasteiger partial charge in [0.15, 0.2) is 0 Å². The van der Waals surface area contributed by atoms with Gasteiger partial charge >= 0.3 is 5.97 Å². The number of benzene rings is 1. The molecule has 0 saturated heterocycles. The first-order valence-corrected chi connectivity index (χ1v) is 10.1.